The highest BCUT2D eigenvalue weighted by atomic mass is 15.2. The Morgan fingerprint density at radius 3 is 0.619 bits per heavy atom. The third-order valence-corrected chi connectivity index (χ3v) is 23.2. The van der Waals surface area contributed by atoms with Gasteiger partial charge in [0, 0.05) is 107 Å². The van der Waals surface area contributed by atoms with Crippen LogP contribution >= 0.6 is 0 Å². The van der Waals surface area contributed by atoms with Crippen LogP contribution in [0.5, 0.6) is 0 Å². The number of hydrogen-bond donors (Lipinski definition) is 1. The van der Waals surface area contributed by atoms with Crippen LogP contribution in [0.1, 0.15) is 257 Å². The lowest BCUT2D eigenvalue weighted by molar-refractivity contribution is -0.774. The monoisotopic (exact) mass is 1130 g/mol. The fourth-order valence-corrected chi connectivity index (χ4v) is 19.0. The van der Waals surface area contributed by atoms with Crippen LogP contribution in [-0.4, -0.2) is 60.4 Å². The Kier molecular flexibility index (Phi) is 20.1. The van der Waals surface area contributed by atoms with Crippen molar-refractivity contribution in [2.24, 2.45) is 0 Å². The van der Waals surface area contributed by atoms with E-state index < -0.39 is 0 Å². The normalized spacial score (nSPS) is 24.5. The van der Waals surface area contributed by atoms with Crippen molar-refractivity contribution in [3.05, 3.63) is 121 Å². The molecule has 84 heavy (non-hydrogen) atoms. The Balaban J connectivity index is 0.842. The van der Waals surface area contributed by atoms with E-state index in [1.165, 1.54) is 307 Å². The zero-order valence-corrected chi connectivity index (χ0v) is 52.3. The topological polar surface area (TPSA) is 20.6 Å². The summed E-state index contributed by atoms with van der Waals surface area (Å²) in [4.78, 5) is 15.9. The van der Waals surface area contributed by atoms with E-state index in [0.717, 1.165) is 0 Å². The molecular weight excluding hydrogens is 1020 g/mol. The zero-order chi connectivity index (χ0) is 56.3. The summed E-state index contributed by atoms with van der Waals surface area (Å²) in [6, 6.07) is 46.1. The molecule has 6 heteroatoms. The van der Waals surface area contributed by atoms with Crippen LogP contribution in [0.3, 0.4) is 0 Å². The predicted octanol–water partition coefficient (Wildman–Crippen LogP) is 20.1. The van der Waals surface area contributed by atoms with Crippen molar-refractivity contribution >= 4 is 45.5 Å². The lowest BCUT2D eigenvalue weighted by atomic mass is 9.88. The van der Waals surface area contributed by atoms with Crippen molar-refractivity contribution in [1.29, 1.82) is 0 Å². The molecule has 8 saturated carbocycles. The Morgan fingerprint density at radius 2 is 0.405 bits per heavy atom. The molecule has 1 N–H and O–H groups in total. The number of quaternary nitrogens is 1. The molecule has 0 radical (unpaired) electrons. The number of hydrogen-bond acceptors (Lipinski definition) is 5. The molecule has 0 bridgehead atoms. The van der Waals surface area contributed by atoms with E-state index in [1.54, 1.807) is 0 Å². The number of nitrogens with one attached hydrogen (secondary N) is 1. The first-order valence-corrected chi connectivity index (χ1v) is 36.3. The molecule has 0 atom stereocenters. The average Bonchev–Trinajstić information content (AvgIpc) is 3.56. The molecule has 0 spiro atoms. The lowest BCUT2D eigenvalue weighted by Crippen LogP contribution is -3.06. The van der Waals surface area contributed by atoms with Gasteiger partial charge in [-0.1, -0.05) is 166 Å². The van der Waals surface area contributed by atoms with E-state index in [4.69, 9.17) is 0 Å². The summed E-state index contributed by atoms with van der Waals surface area (Å²) in [6.45, 7) is 0. The Hall–Kier alpha value is -4.68. The second kappa shape index (κ2) is 28.9. The maximum absolute atomic E-state index is 2.94. The minimum absolute atomic E-state index is 0.0867. The molecule has 4 aromatic rings. The minimum atomic E-state index is 0.0867. The van der Waals surface area contributed by atoms with Crippen LogP contribution in [-0.2, 0) is 0 Å². The maximum atomic E-state index is 2.94. The third kappa shape index (κ3) is 13.7. The van der Waals surface area contributed by atoms with E-state index >= 15 is 0 Å². The highest BCUT2D eigenvalue weighted by molar-refractivity contribution is 5.71. The van der Waals surface area contributed by atoms with Crippen molar-refractivity contribution in [3.8, 4) is 0 Å². The molecule has 6 nitrogen and oxygen atoms in total. The van der Waals surface area contributed by atoms with Crippen molar-refractivity contribution in [1.82, 2.24) is 0 Å². The smallest absolute Gasteiger partial charge is 0.137 e. The van der Waals surface area contributed by atoms with Crippen LogP contribution in [0.15, 0.2) is 121 Å². The molecule has 4 aromatic carbocycles. The highest BCUT2D eigenvalue weighted by Crippen LogP contribution is 2.42. The third-order valence-electron chi connectivity index (χ3n) is 23.2. The molecule has 452 valence electrons. The van der Waals surface area contributed by atoms with Gasteiger partial charge in [0.05, 0.1) is 6.04 Å². The summed E-state index contributed by atoms with van der Waals surface area (Å²) in [5.74, 6) is 0. The number of anilines is 6. The number of rotatable bonds is 18. The molecule has 13 rings (SSSR count). The summed E-state index contributed by atoms with van der Waals surface area (Å²) in [5.41, 5.74) is 11.2. The molecule has 9 aliphatic rings. The van der Waals surface area contributed by atoms with Crippen LogP contribution < -0.4 is 29.4 Å². The standard InChI is InChI=1S/C78H110N6/c1-9-25-61(26-10-1)79(62-27-11-2-12-28-62)69-41-49-73(50-42-69)83(74-51-43-70(44-52-74)80(63-29-13-3-14-30-63)64-31-15-4-16-32-64)77-57-59-78(60-58-77)84(75-53-45-71(46-54-75)81(65-33-17-5-18-34-65)66-35-19-6-20-36-66)76-55-47-72(48-56-76)82(67-37-21-7-22-38-67)68-39-23-8-24-40-68/h41-68,77-78H,1-40H2/p+1. The fraction of sp³-hybridized carbons (Fsp3) is 0.641. The molecule has 0 saturated heterocycles. The maximum Gasteiger partial charge on any atom is 0.137 e. The second-order valence-corrected chi connectivity index (χ2v) is 28.7. The van der Waals surface area contributed by atoms with Gasteiger partial charge in [-0.05, 0) is 188 Å². The first-order chi connectivity index (χ1) is 41.7. The first-order valence-electron chi connectivity index (χ1n) is 36.3. The largest absolute Gasteiger partial charge is 0.366 e. The summed E-state index contributed by atoms with van der Waals surface area (Å²) in [7, 11) is 0. The lowest BCUT2D eigenvalue weighted by Gasteiger charge is -2.44. The molecule has 0 aromatic heterocycles. The van der Waals surface area contributed by atoms with Gasteiger partial charge in [0.1, 0.15) is 17.4 Å². The van der Waals surface area contributed by atoms with Gasteiger partial charge in [0.2, 0.25) is 0 Å². The Labute approximate surface area is 510 Å². The first kappa shape index (κ1) is 58.3. The molecule has 9 aliphatic carbocycles. The van der Waals surface area contributed by atoms with Gasteiger partial charge < -0.3 is 24.5 Å². The van der Waals surface area contributed by atoms with Crippen LogP contribution in [0.25, 0.3) is 0 Å². The molecular formula is C78H111N6+. The van der Waals surface area contributed by atoms with Gasteiger partial charge in [-0.15, -0.1) is 0 Å². The molecule has 0 unspecified atom stereocenters. The molecule has 0 aliphatic heterocycles. The van der Waals surface area contributed by atoms with E-state index in [-0.39, 0.29) is 12.1 Å². The van der Waals surface area contributed by atoms with E-state index in [2.05, 4.69) is 146 Å². The van der Waals surface area contributed by atoms with Crippen LogP contribution in [0, 0.1) is 0 Å². The number of nitrogens with zero attached hydrogens (tertiary/aromatic N) is 5. The summed E-state index contributed by atoms with van der Waals surface area (Å²) < 4.78 is 0. The Bertz CT molecular complexity index is 2190. The van der Waals surface area contributed by atoms with Crippen LogP contribution in [0.2, 0.25) is 0 Å². The summed E-state index contributed by atoms with van der Waals surface area (Å²) in [6.07, 6.45) is 65.2. The van der Waals surface area contributed by atoms with Gasteiger partial charge in [0.25, 0.3) is 0 Å². The van der Waals surface area contributed by atoms with Gasteiger partial charge in [-0.25, -0.2) is 0 Å². The van der Waals surface area contributed by atoms with Gasteiger partial charge in [0.15, 0.2) is 0 Å². The van der Waals surface area contributed by atoms with E-state index in [0.29, 0.717) is 48.3 Å². The van der Waals surface area contributed by atoms with Crippen molar-refractivity contribution in [2.45, 2.75) is 317 Å². The van der Waals surface area contributed by atoms with E-state index in [1.807, 2.05) is 0 Å². The van der Waals surface area contributed by atoms with Crippen molar-refractivity contribution in [2.75, 3.05) is 24.5 Å². The zero-order valence-electron chi connectivity index (χ0n) is 52.3. The average molecular weight is 1130 g/mol. The highest BCUT2D eigenvalue weighted by Gasteiger charge is 2.36. The van der Waals surface area contributed by atoms with Gasteiger partial charge >= 0.3 is 0 Å². The second-order valence-electron chi connectivity index (χ2n) is 28.7. The van der Waals surface area contributed by atoms with Crippen LogP contribution in [0.4, 0.5) is 45.5 Å². The van der Waals surface area contributed by atoms with Gasteiger partial charge in [-0.3, -0.25) is 4.90 Å². The minimum Gasteiger partial charge on any atom is -0.366 e. The van der Waals surface area contributed by atoms with Crippen molar-refractivity contribution in [3.63, 3.8) is 0 Å². The summed E-state index contributed by atoms with van der Waals surface area (Å²) in [5, 5.41) is 0. The van der Waals surface area contributed by atoms with Gasteiger partial charge in [-0.2, -0.15) is 0 Å². The Morgan fingerprint density at radius 1 is 0.214 bits per heavy atom. The SMILES string of the molecule is C1=CC([NH+](c2ccc(N(C3CCCCC3)C3CCCCC3)cc2)c2ccc(N(C3CCCCC3)C3CCCCC3)cc2)C=CC1N(c1ccc(N(C2CCCCC2)C2CCCCC2)cc1)c1ccc(N(C2CCCCC2)C2CCCCC2)cc1. The fourth-order valence-electron chi connectivity index (χ4n) is 19.0. The molecule has 0 heterocycles. The van der Waals surface area contributed by atoms with Crippen molar-refractivity contribution < 1.29 is 4.90 Å². The van der Waals surface area contributed by atoms with E-state index in [9.17, 15) is 0 Å². The quantitative estimate of drug-likeness (QED) is 0.0999. The molecule has 8 fully saturated rings. The number of benzene rings is 4. The summed E-state index contributed by atoms with van der Waals surface area (Å²) >= 11 is 0. The predicted molar refractivity (Wildman–Crippen MR) is 359 cm³/mol. The molecule has 0 amide bonds.